The van der Waals surface area contributed by atoms with Gasteiger partial charge in [-0.05, 0) is 30.5 Å². The predicted octanol–water partition coefficient (Wildman–Crippen LogP) is 3.72. The van der Waals surface area contributed by atoms with Crippen molar-refractivity contribution in [1.29, 1.82) is 5.26 Å². The first kappa shape index (κ1) is 14.9. The summed E-state index contributed by atoms with van der Waals surface area (Å²) in [4.78, 5) is 14.2. The summed E-state index contributed by atoms with van der Waals surface area (Å²) in [5.41, 5.74) is 0.959. The summed E-state index contributed by atoms with van der Waals surface area (Å²) in [7, 11) is 1.74. The van der Waals surface area contributed by atoms with Crippen molar-refractivity contribution in [3.8, 4) is 6.07 Å². The quantitative estimate of drug-likeness (QED) is 0.796. The molecule has 0 spiro atoms. The zero-order valence-electron chi connectivity index (χ0n) is 11.7. The van der Waals surface area contributed by atoms with Crippen LogP contribution in [0.1, 0.15) is 48.0 Å². The minimum absolute atomic E-state index is 0.0884. The van der Waals surface area contributed by atoms with Crippen LogP contribution in [0.2, 0.25) is 0 Å². The number of benzene rings is 1. The predicted molar refractivity (Wildman–Crippen MR) is 79.5 cm³/mol. The summed E-state index contributed by atoms with van der Waals surface area (Å²) in [6, 6.07) is 9.65. The average molecular weight is 291 g/mol. The molecule has 0 aromatic heterocycles. The van der Waals surface area contributed by atoms with Crippen LogP contribution in [0.15, 0.2) is 24.3 Å². The second kappa shape index (κ2) is 6.28. The number of alkyl halides is 1. The zero-order chi connectivity index (χ0) is 14.6. The number of amides is 1. The van der Waals surface area contributed by atoms with Crippen molar-refractivity contribution < 1.29 is 4.79 Å². The van der Waals surface area contributed by atoms with E-state index < -0.39 is 5.54 Å². The van der Waals surface area contributed by atoms with Gasteiger partial charge in [0.15, 0.2) is 0 Å². The highest BCUT2D eigenvalue weighted by Crippen LogP contribution is 2.33. The van der Waals surface area contributed by atoms with Gasteiger partial charge in [0.25, 0.3) is 5.91 Å². The largest absolute Gasteiger partial charge is 0.323 e. The summed E-state index contributed by atoms with van der Waals surface area (Å²) in [5.74, 6) is 0.349. The molecular weight excluding hydrogens is 272 g/mol. The van der Waals surface area contributed by atoms with Crippen LogP contribution < -0.4 is 0 Å². The molecule has 2 rings (SSSR count). The van der Waals surface area contributed by atoms with Gasteiger partial charge in [-0.15, -0.1) is 11.6 Å². The average Bonchev–Trinajstić information content (AvgIpc) is 2.54. The van der Waals surface area contributed by atoms with E-state index in [1.807, 2.05) is 12.1 Å². The second-order valence-corrected chi connectivity index (χ2v) is 5.67. The van der Waals surface area contributed by atoms with Crippen molar-refractivity contribution >= 4 is 17.5 Å². The molecule has 20 heavy (non-hydrogen) atoms. The van der Waals surface area contributed by atoms with Gasteiger partial charge < -0.3 is 4.90 Å². The Balaban J connectivity index is 2.20. The fourth-order valence-corrected chi connectivity index (χ4v) is 2.96. The van der Waals surface area contributed by atoms with E-state index in [9.17, 15) is 10.1 Å². The smallest absolute Gasteiger partial charge is 0.254 e. The fraction of sp³-hybridized carbons (Fsp3) is 0.500. The number of hydrogen-bond donors (Lipinski definition) is 0. The minimum atomic E-state index is -0.638. The van der Waals surface area contributed by atoms with E-state index in [1.54, 1.807) is 24.1 Å². The number of carbonyl (C=O) groups is 1. The molecule has 0 atom stereocenters. The van der Waals surface area contributed by atoms with E-state index in [4.69, 9.17) is 11.6 Å². The van der Waals surface area contributed by atoms with E-state index in [1.165, 1.54) is 0 Å². The number of carbonyl (C=O) groups excluding carboxylic acids is 1. The molecule has 1 aromatic carbocycles. The second-order valence-electron chi connectivity index (χ2n) is 5.40. The zero-order valence-corrected chi connectivity index (χ0v) is 12.5. The van der Waals surface area contributed by atoms with Gasteiger partial charge >= 0.3 is 0 Å². The van der Waals surface area contributed by atoms with Gasteiger partial charge in [-0.2, -0.15) is 5.26 Å². The van der Waals surface area contributed by atoms with Crippen molar-refractivity contribution in [3.05, 3.63) is 35.4 Å². The van der Waals surface area contributed by atoms with Crippen LogP contribution >= 0.6 is 11.6 Å². The van der Waals surface area contributed by atoms with Gasteiger partial charge in [-0.25, -0.2) is 0 Å². The Bertz CT molecular complexity index is 512. The molecule has 0 N–H and O–H groups in total. The van der Waals surface area contributed by atoms with Gasteiger partial charge in [-0.3, -0.25) is 4.79 Å². The molecule has 0 aliphatic heterocycles. The highest BCUT2D eigenvalue weighted by molar-refractivity contribution is 6.17. The summed E-state index contributed by atoms with van der Waals surface area (Å²) >= 11 is 5.75. The Kier molecular flexibility index (Phi) is 4.67. The molecule has 1 saturated carbocycles. The van der Waals surface area contributed by atoms with E-state index in [0.29, 0.717) is 11.4 Å². The third-order valence-corrected chi connectivity index (χ3v) is 4.50. The van der Waals surface area contributed by atoms with Gasteiger partial charge in [0.05, 0.1) is 6.07 Å². The van der Waals surface area contributed by atoms with E-state index in [-0.39, 0.29) is 5.91 Å². The molecule has 106 valence electrons. The molecule has 4 heteroatoms. The molecular formula is C16H19ClN2O. The monoisotopic (exact) mass is 290 g/mol. The summed E-state index contributed by atoms with van der Waals surface area (Å²) < 4.78 is 0. The molecule has 0 heterocycles. The van der Waals surface area contributed by atoms with Crippen molar-refractivity contribution in [2.75, 3.05) is 7.05 Å². The van der Waals surface area contributed by atoms with Gasteiger partial charge in [0.1, 0.15) is 5.54 Å². The molecule has 1 aliphatic rings. The van der Waals surface area contributed by atoms with Crippen molar-refractivity contribution in [3.63, 3.8) is 0 Å². The highest BCUT2D eigenvalue weighted by Gasteiger charge is 2.39. The molecule has 1 fully saturated rings. The fourth-order valence-electron chi connectivity index (χ4n) is 2.78. The maximum atomic E-state index is 12.5. The Morgan fingerprint density at radius 3 is 2.40 bits per heavy atom. The van der Waals surface area contributed by atoms with Crippen molar-refractivity contribution in [2.24, 2.45) is 0 Å². The van der Waals surface area contributed by atoms with Crippen LogP contribution in [0.4, 0.5) is 0 Å². The Hall–Kier alpha value is -1.53. The van der Waals surface area contributed by atoms with Gasteiger partial charge in [0, 0.05) is 18.5 Å². The number of nitrogens with zero attached hydrogens (tertiary/aromatic N) is 2. The van der Waals surface area contributed by atoms with E-state index in [0.717, 1.165) is 37.7 Å². The maximum Gasteiger partial charge on any atom is 0.254 e. The molecule has 0 radical (unpaired) electrons. The Labute approximate surface area is 125 Å². The topological polar surface area (TPSA) is 44.1 Å². The molecule has 0 bridgehead atoms. The van der Waals surface area contributed by atoms with Crippen LogP contribution in [-0.2, 0) is 5.88 Å². The SMILES string of the molecule is CN(C(=O)c1ccc(CCl)cc1)C1(C#N)CCCCC1. The van der Waals surface area contributed by atoms with Crippen molar-refractivity contribution in [1.82, 2.24) is 4.90 Å². The molecule has 0 saturated heterocycles. The van der Waals surface area contributed by atoms with Crippen molar-refractivity contribution in [2.45, 2.75) is 43.5 Å². The Morgan fingerprint density at radius 1 is 1.30 bits per heavy atom. The molecule has 1 amide bonds. The lowest BCUT2D eigenvalue weighted by molar-refractivity contribution is 0.0589. The number of rotatable bonds is 3. The summed E-state index contributed by atoms with van der Waals surface area (Å²) in [5, 5.41) is 9.53. The van der Waals surface area contributed by atoms with Gasteiger partial charge in [-0.1, -0.05) is 31.4 Å². The van der Waals surface area contributed by atoms with Gasteiger partial charge in [0.2, 0.25) is 0 Å². The van der Waals surface area contributed by atoms with E-state index >= 15 is 0 Å². The normalized spacial score (nSPS) is 17.2. The van der Waals surface area contributed by atoms with Crippen LogP contribution in [0.5, 0.6) is 0 Å². The number of halogens is 1. The summed E-state index contributed by atoms with van der Waals surface area (Å²) in [6.45, 7) is 0. The number of hydrogen-bond acceptors (Lipinski definition) is 2. The highest BCUT2D eigenvalue weighted by atomic mass is 35.5. The molecule has 1 aliphatic carbocycles. The third kappa shape index (κ3) is 2.81. The molecule has 3 nitrogen and oxygen atoms in total. The number of nitriles is 1. The van der Waals surface area contributed by atoms with E-state index in [2.05, 4.69) is 6.07 Å². The lowest BCUT2D eigenvalue weighted by Gasteiger charge is -2.39. The first-order chi connectivity index (χ1) is 9.63. The maximum absolute atomic E-state index is 12.5. The summed E-state index contributed by atoms with van der Waals surface area (Å²) in [6.07, 6.45) is 4.71. The first-order valence-electron chi connectivity index (χ1n) is 6.97. The standard InChI is InChI=1S/C16H19ClN2O/c1-19(16(12-18)9-3-2-4-10-16)15(20)14-7-5-13(11-17)6-8-14/h5-8H,2-4,9-11H2,1H3. The molecule has 0 unspecified atom stereocenters. The van der Waals surface area contributed by atoms with Crippen LogP contribution in [0, 0.1) is 11.3 Å². The molecule has 1 aromatic rings. The lowest BCUT2D eigenvalue weighted by Crippen LogP contribution is -2.49. The van der Waals surface area contributed by atoms with Crippen LogP contribution in [0.25, 0.3) is 0 Å². The lowest BCUT2D eigenvalue weighted by atomic mass is 9.81. The Morgan fingerprint density at radius 2 is 1.90 bits per heavy atom. The van der Waals surface area contributed by atoms with Crippen LogP contribution in [0.3, 0.4) is 0 Å². The van der Waals surface area contributed by atoms with Crippen LogP contribution in [-0.4, -0.2) is 23.4 Å². The first-order valence-corrected chi connectivity index (χ1v) is 7.51. The minimum Gasteiger partial charge on any atom is -0.323 e. The third-order valence-electron chi connectivity index (χ3n) is 4.19.